The van der Waals surface area contributed by atoms with E-state index in [0.29, 0.717) is 0 Å². The van der Waals surface area contributed by atoms with Crippen molar-refractivity contribution in [2.24, 2.45) is 0 Å². The zero-order valence-corrected chi connectivity index (χ0v) is 15.6. The molecule has 4 rings (SSSR count). The average molecular weight is 356 g/mol. The predicted molar refractivity (Wildman–Crippen MR) is 101 cm³/mol. The standard InChI is InChI=1S/C20H24N2O2S/c1-13(17-12-22(2)9-10-24-17)21-20(23)18-11-15-8-7-14-5-3-4-6-16(14)19(15)25-18/h3-6,11,13,17H,7-10,12H2,1-2H3,(H,21,23)/t13-,17+/m0/s1. The zero-order chi connectivity index (χ0) is 17.4. The van der Waals surface area contributed by atoms with Crippen molar-refractivity contribution in [3.05, 3.63) is 46.3 Å². The van der Waals surface area contributed by atoms with E-state index in [1.165, 1.54) is 21.6 Å². The second-order valence-corrected chi connectivity index (χ2v) is 8.11. The van der Waals surface area contributed by atoms with E-state index in [1.54, 1.807) is 11.3 Å². The summed E-state index contributed by atoms with van der Waals surface area (Å²) in [6.07, 6.45) is 2.12. The van der Waals surface area contributed by atoms with E-state index in [-0.39, 0.29) is 18.1 Å². The minimum atomic E-state index is 0.00154. The number of rotatable bonds is 3. The van der Waals surface area contributed by atoms with Crippen LogP contribution in [0.1, 0.15) is 27.7 Å². The summed E-state index contributed by atoms with van der Waals surface area (Å²) >= 11 is 1.61. The van der Waals surface area contributed by atoms with Crippen molar-refractivity contribution < 1.29 is 9.53 Å². The number of ether oxygens (including phenoxy) is 1. The molecule has 0 radical (unpaired) electrons. The molecule has 1 N–H and O–H groups in total. The molecule has 1 aromatic carbocycles. The molecule has 2 heterocycles. The molecule has 1 saturated heterocycles. The van der Waals surface area contributed by atoms with Gasteiger partial charge in [0, 0.05) is 18.0 Å². The van der Waals surface area contributed by atoms with Crippen molar-refractivity contribution in [1.29, 1.82) is 0 Å². The molecular weight excluding hydrogens is 332 g/mol. The van der Waals surface area contributed by atoms with E-state index >= 15 is 0 Å². The van der Waals surface area contributed by atoms with Gasteiger partial charge in [0.05, 0.1) is 23.6 Å². The molecule has 1 aliphatic carbocycles. The molecule has 1 aliphatic heterocycles. The number of hydrogen-bond donors (Lipinski definition) is 1. The van der Waals surface area contributed by atoms with Crippen LogP contribution in [0.25, 0.3) is 10.4 Å². The first kappa shape index (κ1) is 16.8. The lowest BCUT2D eigenvalue weighted by molar-refractivity contribution is -0.0342. The van der Waals surface area contributed by atoms with Crippen molar-refractivity contribution in [2.75, 3.05) is 26.7 Å². The number of morpholine rings is 1. The van der Waals surface area contributed by atoms with E-state index in [9.17, 15) is 4.79 Å². The highest BCUT2D eigenvalue weighted by Crippen LogP contribution is 2.39. The Morgan fingerprint density at radius 3 is 2.96 bits per heavy atom. The second-order valence-electron chi connectivity index (χ2n) is 7.06. The lowest BCUT2D eigenvalue weighted by Crippen LogP contribution is -2.51. The Kier molecular flexibility index (Phi) is 4.63. The van der Waals surface area contributed by atoms with Crippen LogP contribution < -0.4 is 5.32 Å². The second kappa shape index (κ2) is 6.90. The van der Waals surface area contributed by atoms with Gasteiger partial charge in [-0.1, -0.05) is 24.3 Å². The summed E-state index contributed by atoms with van der Waals surface area (Å²) in [5.41, 5.74) is 3.98. The van der Waals surface area contributed by atoms with Gasteiger partial charge < -0.3 is 15.0 Å². The highest BCUT2D eigenvalue weighted by molar-refractivity contribution is 7.17. The number of thiophene rings is 1. The van der Waals surface area contributed by atoms with Gasteiger partial charge in [-0.15, -0.1) is 11.3 Å². The summed E-state index contributed by atoms with van der Waals surface area (Å²) in [4.78, 5) is 17.0. The topological polar surface area (TPSA) is 41.6 Å². The summed E-state index contributed by atoms with van der Waals surface area (Å²) < 4.78 is 5.82. The fraction of sp³-hybridized carbons (Fsp3) is 0.450. The molecule has 0 unspecified atom stereocenters. The van der Waals surface area contributed by atoms with Gasteiger partial charge in [0.25, 0.3) is 5.91 Å². The van der Waals surface area contributed by atoms with Gasteiger partial charge in [0.15, 0.2) is 0 Å². The molecule has 1 fully saturated rings. The normalized spacial score (nSPS) is 21.3. The van der Waals surface area contributed by atoms with Crippen LogP contribution >= 0.6 is 11.3 Å². The zero-order valence-electron chi connectivity index (χ0n) is 14.7. The molecule has 5 heteroatoms. The first-order valence-electron chi connectivity index (χ1n) is 8.94. The molecule has 2 atom stereocenters. The van der Waals surface area contributed by atoms with Crippen molar-refractivity contribution in [3.8, 4) is 10.4 Å². The van der Waals surface area contributed by atoms with E-state index in [0.717, 1.165) is 37.4 Å². The van der Waals surface area contributed by atoms with Crippen LogP contribution in [-0.4, -0.2) is 49.7 Å². The number of aryl methyl sites for hydroxylation is 2. The Bertz CT molecular complexity index is 786. The number of nitrogens with zero attached hydrogens (tertiary/aromatic N) is 1. The summed E-state index contributed by atoms with van der Waals surface area (Å²) in [6, 6.07) is 10.6. The third kappa shape index (κ3) is 3.36. The maximum Gasteiger partial charge on any atom is 0.261 e. The molecule has 25 heavy (non-hydrogen) atoms. The van der Waals surface area contributed by atoms with E-state index in [1.807, 2.05) is 6.92 Å². The van der Waals surface area contributed by atoms with Crippen LogP contribution in [0.4, 0.5) is 0 Å². The van der Waals surface area contributed by atoms with Crippen LogP contribution in [0.3, 0.4) is 0 Å². The van der Waals surface area contributed by atoms with E-state index < -0.39 is 0 Å². The summed E-state index contributed by atoms with van der Waals surface area (Å²) in [7, 11) is 2.09. The highest BCUT2D eigenvalue weighted by Gasteiger charge is 2.27. The Labute approximate surface area is 152 Å². The van der Waals surface area contributed by atoms with Gasteiger partial charge in [-0.25, -0.2) is 0 Å². The smallest absolute Gasteiger partial charge is 0.261 e. The van der Waals surface area contributed by atoms with Crippen LogP contribution in [0, 0.1) is 0 Å². The Hall–Kier alpha value is -1.69. The molecule has 0 saturated carbocycles. The van der Waals surface area contributed by atoms with Gasteiger partial charge in [-0.05, 0) is 49.6 Å². The predicted octanol–water partition coefficient (Wildman–Crippen LogP) is 2.96. The monoisotopic (exact) mass is 356 g/mol. The maximum absolute atomic E-state index is 12.7. The number of hydrogen-bond acceptors (Lipinski definition) is 4. The molecule has 0 spiro atoms. The molecule has 1 aromatic heterocycles. The number of carbonyl (C=O) groups excluding carboxylic acids is 1. The SMILES string of the molecule is C[C@H](NC(=O)c1cc2c(s1)-c1ccccc1CC2)[C@H]1CN(C)CCO1. The summed E-state index contributed by atoms with van der Waals surface area (Å²) in [5.74, 6) is 0.0150. The van der Waals surface area contributed by atoms with Gasteiger partial charge in [0.2, 0.25) is 0 Å². The van der Waals surface area contributed by atoms with Crippen molar-refractivity contribution >= 4 is 17.2 Å². The minimum Gasteiger partial charge on any atom is -0.373 e. The third-order valence-electron chi connectivity index (χ3n) is 5.17. The highest BCUT2D eigenvalue weighted by atomic mass is 32.1. The number of benzene rings is 1. The Morgan fingerprint density at radius 1 is 1.32 bits per heavy atom. The number of carbonyl (C=O) groups is 1. The van der Waals surface area contributed by atoms with Gasteiger partial charge in [0.1, 0.15) is 0 Å². The average Bonchev–Trinajstić information content (AvgIpc) is 3.06. The summed E-state index contributed by atoms with van der Waals surface area (Å²) in [5, 5.41) is 3.14. The lowest BCUT2D eigenvalue weighted by atomic mass is 9.91. The van der Waals surface area contributed by atoms with Gasteiger partial charge in [-0.3, -0.25) is 4.79 Å². The molecule has 0 bridgehead atoms. The van der Waals surface area contributed by atoms with E-state index in [2.05, 4.69) is 47.6 Å². The Morgan fingerprint density at radius 2 is 2.12 bits per heavy atom. The fourth-order valence-corrected chi connectivity index (χ4v) is 4.84. The number of fused-ring (bicyclic) bond motifs is 3. The van der Waals surface area contributed by atoms with Crippen molar-refractivity contribution in [3.63, 3.8) is 0 Å². The van der Waals surface area contributed by atoms with Crippen LogP contribution in [-0.2, 0) is 17.6 Å². The number of nitrogens with one attached hydrogen (secondary N) is 1. The first-order chi connectivity index (χ1) is 12.1. The fourth-order valence-electron chi connectivity index (χ4n) is 3.67. The first-order valence-corrected chi connectivity index (χ1v) is 9.75. The molecule has 2 aromatic rings. The molecular formula is C20H24N2O2S. The van der Waals surface area contributed by atoms with Gasteiger partial charge in [-0.2, -0.15) is 0 Å². The number of amides is 1. The van der Waals surface area contributed by atoms with Gasteiger partial charge >= 0.3 is 0 Å². The maximum atomic E-state index is 12.7. The lowest BCUT2D eigenvalue weighted by Gasteiger charge is -2.33. The quantitative estimate of drug-likeness (QED) is 0.919. The largest absolute Gasteiger partial charge is 0.373 e. The minimum absolute atomic E-state index is 0.00154. The van der Waals surface area contributed by atoms with Crippen LogP contribution in [0.15, 0.2) is 30.3 Å². The molecule has 4 nitrogen and oxygen atoms in total. The van der Waals surface area contributed by atoms with Crippen LogP contribution in [0.5, 0.6) is 0 Å². The van der Waals surface area contributed by atoms with Crippen LogP contribution in [0.2, 0.25) is 0 Å². The molecule has 1 amide bonds. The molecule has 132 valence electrons. The molecule has 2 aliphatic rings. The number of likely N-dealkylation sites (N-methyl/N-ethyl adjacent to an activating group) is 1. The third-order valence-corrected chi connectivity index (χ3v) is 6.38. The van der Waals surface area contributed by atoms with Crippen molar-refractivity contribution in [1.82, 2.24) is 10.2 Å². The summed E-state index contributed by atoms with van der Waals surface area (Å²) in [6.45, 7) is 4.57. The van der Waals surface area contributed by atoms with E-state index in [4.69, 9.17) is 4.74 Å². The van der Waals surface area contributed by atoms with Crippen molar-refractivity contribution in [2.45, 2.75) is 31.9 Å². The Balaban J connectivity index is 1.50.